The molecule has 1 heterocycles. The van der Waals surface area contributed by atoms with E-state index in [1.807, 2.05) is 32.0 Å². The summed E-state index contributed by atoms with van der Waals surface area (Å²) in [6.07, 6.45) is 3.82. The SMILES string of the molecule is Cc1cccc(OCCCC(=O)Nc2sc3c(c2C(N)=O)CCC3)c1C. The van der Waals surface area contributed by atoms with Crippen LogP contribution < -0.4 is 15.8 Å². The van der Waals surface area contributed by atoms with Crippen LogP contribution >= 0.6 is 11.3 Å². The third kappa shape index (κ3) is 3.90. The van der Waals surface area contributed by atoms with Gasteiger partial charge in [-0.2, -0.15) is 0 Å². The summed E-state index contributed by atoms with van der Waals surface area (Å²) in [6, 6.07) is 5.95. The molecule has 138 valence electrons. The number of hydrogen-bond donors (Lipinski definition) is 2. The topological polar surface area (TPSA) is 81.4 Å². The minimum atomic E-state index is -0.460. The van der Waals surface area contributed by atoms with Crippen molar-refractivity contribution >= 4 is 28.2 Å². The van der Waals surface area contributed by atoms with Gasteiger partial charge in [0.1, 0.15) is 10.8 Å². The Morgan fingerprint density at radius 3 is 2.85 bits per heavy atom. The summed E-state index contributed by atoms with van der Waals surface area (Å²) in [6.45, 7) is 4.55. The largest absolute Gasteiger partial charge is 0.493 e. The highest BCUT2D eigenvalue weighted by atomic mass is 32.1. The molecule has 1 aromatic carbocycles. The Morgan fingerprint density at radius 2 is 2.08 bits per heavy atom. The van der Waals surface area contributed by atoms with Crippen LogP contribution in [0.4, 0.5) is 5.00 Å². The Kier molecular flexibility index (Phi) is 5.61. The molecule has 6 heteroatoms. The van der Waals surface area contributed by atoms with Gasteiger partial charge in [-0.05, 0) is 62.3 Å². The van der Waals surface area contributed by atoms with E-state index >= 15 is 0 Å². The van der Waals surface area contributed by atoms with Gasteiger partial charge in [-0.25, -0.2) is 0 Å². The highest BCUT2D eigenvalue weighted by Gasteiger charge is 2.25. The number of carbonyl (C=O) groups is 2. The third-order valence-electron chi connectivity index (χ3n) is 4.78. The van der Waals surface area contributed by atoms with Gasteiger partial charge in [0.15, 0.2) is 0 Å². The zero-order valence-corrected chi connectivity index (χ0v) is 16.0. The van der Waals surface area contributed by atoms with Crippen LogP contribution in [-0.4, -0.2) is 18.4 Å². The van der Waals surface area contributed by atoms with Crippen molar-refractivity contribution in [3.8, 4) is 5.75 Å². The Morgan fingerprint density at radius 1 is 1.27 bits per heavy atom. The molecule has 0 radical (unpaired) electrons. The number of benzene rings is 1. The minimum Gasteiger partial charge on any atom is -0.493 e. The maximum atomic E-state index is 12.2. The van der Waals surface area contributed by atoms with Crippen molar-refractivity contribution < 1.29 is 14.3 Å². The molecule has 0 fully saturated rings. The number of nitrogens with one attached hydrogen (secondary N) is 1. The average molecular weight is 372 g/mol. The number of nitrogens with two attached hydrogens (primary N) is 1. The van der Waals surface area contributed by atoms with E-state index in [1.165, 1.54) is 21.8 Å². The van der Waals surface area contributed by atoms with Crippen LogP contribution in [0.15, 0.2) is 18.2 Å². The summed E-state index contributed by atoms with van der Waals surface area (Å²) < 4.78 is 5.78. The standard InChI is InChI=1S/C20H24N2O3S/c1-12-6-3-8-15(13(12)2)25-11-5-10-17(23)22-20-18(19(21)24)14-7-4-9-16(14)26-20/h3,6,8H,4-5,7,9-11H2,1-2H3,(H2,21,24)(H,22,23). The van der Waals surface area contributed by atoms with Crippen LogP contribution in [0.2, 0.25) is 0 Å². The van der Waals surface area contributed by atoms with E-state index in [2.05, 4.69) is 5.32 Å². The van der Waals surface area contributed by atoms with Gasteiger partial charge in [-0.3, -0.25) is 9.59 Å². The van der Waals surface area contributed by atoms with Gasteiger partial charge in [0.05, 0.1) is 12.2 Å². The van der Waals surface area contributed by atoms with Gasteiger partial charge in [0.2, 0.25) is 5.91 Å². The van der Waals surface area contributed by atoms with Crippen LogP contribution in [-0.2, 0) is 17.6 Å². The van der Waals surface area contributed by atoms with E-state index in [0.29, 0.717) is 30.0 Å². The van der Waals surface area contributed by atoms with E-state index in [4.69, 9.17) is 10.5 Å². The van der Waals surface area contributed by atoms with Crippen LogP contribution in [0, 0.1) is 13.8 Å². The molecule has 3 N–H and O–H groups in total. The Labute approximate surface area is 157 Å². The molecule has 0 saturated heterocycles. The first-order chi connectivity index (χ1) is 12.5. The molecule has 0 unspecified atom stereocenters. The third-order valence-corrected chi connectivity index (χ3v) is 5.99. The predicted octanol–water partition coefficient (Wildman–Crippen LogP) is 3.75. The zero-order chi connectivity index (χ0) is 18.7. The lowest BCUT2D eigenvalue weighted by atomic mass is 10.1. The molecule has 0 spiro atoms. The first-order valence-electron chi connectivity index (χ1n) is 8.90. The van der Waals surface area contributed by atoms with E-state index in [0.717, 1.165) is 36.1 Å². The predicted molar refractivity (Wildman–Crippen MR) is 104 cm³/mol. The smallest absolute Gasteiger partial charge is 0.251 e. The van der Waals surface area contributed by atoms with Crippen molar-refractivity contribution in [3.63, 3.8) is 0 Å². The number of carbonyl (C=O) groups excluding carboxylic acids is 2. The van der Waals surface area contributed by atoms with Gasteiger partial charge in [0, 0.05) is 11.3 Å². The summed E-state index contributed by atoms with van der Waals surface area (Å²) in [5.41, 5.74) is 9.35. The van der Waals surface area contributed by atoms with Gasteiger partial charge < -0.3 is 15.8 Å². The number of hydrogen-bond acceptors (Lipinski definition) is 4. The average Bonchev–Trinajstić information content (AvgIpc) is 3.15. The van der Waals surface area contributed by atoms with Crippen molar-refractivity contribution in [1.29, 1.82) is 0 Å². The van der Waals surface area contributed by atoms with Gasteiger partial charge in [0.25, 0.3) is 5.91 Å². The summed E-state index contributed by atoms with van der Waals surface area (Å²) >= 11 is 1.48. The van der Waals surface area contributed by atoms with Crippen molar-refractivity contribution in [1.82, 2.24) is 0 Å². The molecule has 0 atom stereocenters. The van der Waals surface area contributed by atoms with E-state index < -0.39 is 5.91 Å². The normalized spacial score (nSPS) is 12.7. The van der Waals surface area contributed by atoms with Crippen molar-refractivity contribution in [3.05, 3.63) is 45.3 Å². The molecule has 2 amide bonds. The van der Waals surface area contributed by atoms with Crippen LogP contribution in [0.25, 0.3) is 0 Å². The molecular weight excluding hydrogens is 348 g/mol. The number of aryl methyl sites for hydroxylation is 2. The summed E-state index contributed by atoms with van der Waals surface area (Å²) in [4.78, 5) is 25.2. The number of fused-ring (bicyclic) bond motifs is 1. The van der Waals surface area contributed by atoms with Crippen LogP contribution in [0.3, 0.4) is 0 Å². The second kappa shape index (κ2) is 7.91. The molecule has 3 rings (SSSR count). The maximum Gasteiger partial charge on any atom is 0.251 e. The molecule has 0 aliphatic heterocycles. The minimum absolute atomic E-state index is 0.114. The van der Waals surface area contributed by atoms with E-state index in [1.54, 1.807) is 0 Å². The van der Waals surface area contributed by atoms with Crippen molar-refractivity contribution in [2.45, 2.75) is 46.0 Å². The van der Waals surface area contributed by atoms with Crippen LogP contribution in [0.1, 0.15) is 51.2 Å². The summed E-state index contributed by atoms with van der Waals surface area (Å²) in [7, 11) is 0. The number of ether oxygens (including phenoxy) is 1. The number of amides is 2. The highest BCUT2D eigenvalue weighted by Crippen LogP contribution is 2.38. The van der Waals surface area contributed by atoms with Gasteiger partial charge >= 0.3 is 0 Å². The molecule has 1 aliphatic carbocycles. The second-order valence-electron chi connectivity index (χ2n) is 6.62. The van der Waals surface area contributed by atoms with Crippen molar-refractivity contribution in [2.75, 3.05) is 11.9 Å². The number of thiophene rings is 1. The number of primary amides is 1. The zero-order valence-electron chi connectivity index (χ0n) is 15.2. The lowest BCUT2D eigenvalue weighted by Crippen LogP contribution is -2.18. The molecule has 26 heavy (non-hydrogen) atoms. The molecule has 2 aromatic rings. The lowest BCUT2D eigenvalue weighted by Gasteiger charge is -2.11. The van der Waals surface area contributed by atoms with E-state index in [-0.39, 0.29) is 5.91 Å². The number of rotatable bonds is 7. The first kappa shape index (κ1) is 18.5. The molecule has 0 saturated carbocycles. The highest BCUT2D eigenvalue weighted by molar-refractivity contribution is 7.17. The molecular formula is C20H24N2O3S. The molecule has 1 aromatic heterocycles. The maximum absolute atomic E-state index is 12.2. The molecule has 5 nitrogen and oxygen atoms in total. The fraction of sp³-hybridized carbons (Fsp3) is 0.400. The van der Waals surface area contributed by atoms with Crippen molar-refractivity contribution in [2.24, 2.45) is 5.73 Å². The molecule has 0 bridgehead atoms. The van der Waals surface area contributed by atoms with E-state index in [9.17, 15) is 9.59 Å². The molecule has 1 aliphatic rings. The Hall–Kier alpha value is -2.34. The van der Waals surface area contributed by atoms with Crippen LogP contribution in [0.5, 0.6) is 5.75 Å². The summed E-state index contributed by atoms with van der Waals surface area (Å²) in [5.74, 6) is 0.283. The van der Waals surface area contributed by atoms with Gasteiger partial charge in [-0.15, -0.1) is 11.3 Å². The fourth-order valence-electron chi connectivity index (χ4n) is 3.24. The quantitative estimate of drug-likeness (QED) is 0.726. The Balaban J connectivity index is 1.52. The summed E-state index contributed by atoms with van der Waals surface area (Å²) in [5, 5.41) is 3.46. The van der Waals surface area contributed by atoms with Gasteiger partial charge in [-0.1, -0.05) is 12.1 Å². The monoisotopic (exact) mass is 372 g/mol. The lowest BCUT2D eigenvalue weighted by molar-refractivity contribution is -0.116. The Bertz CT molecular complexity index is 842. The number of anilines is 1. The second-order valence-corrected chi connectivity index (χ2v) is 7.73. The first-order valence-corrected chi connectivity index (χ1v) is 9.72. The fourth-order valence-corrected chi connectivity index (χ4v) is 4.55.